The van der Waals surface area contributed by atoms with Gasteiger partial charge in [0.2, 0.25) is 0 Å². The molecule has 1 N–H and O–H groups in total. The molecule has 0 unspecified atom stereocenters. The van der Waals surface area contributed by atoms with Gasteiger partial charge < -0.3 is 5.11 Å². The third-order valence-electron chi connectivity index (χ3n) is 0.908. The molecule has 1 aromatic heterocycles. The lowest BCUT2D eigenvalue weighted by molar-refractivity contribution is 0.0696. The molecule has 3 nitrogen and oxygen atoms in total. The molecule has 0 amide bonds. The van der Waals surface area contributed by atoms with Crippen LogP contribution >= 0.6 is 17.0 Å². The normalized spacial score (nSPS) is 8.00. The predicted molar refractivity (Wildman–Crippen MR) is 41.5 cm³/mol. The maximum atomic E-state index is 10.2. The third kappa shape index (κ3) is 2.14. The van der Waals surface area contributed by atoms with Crippen LogP contribution in [0, 0.1) is 0 Å². The molecule has 0 bridgehead atoms. The molecule has 0 aliphatic carbocycles. The summed E-state index contributed by atoms with van der Waals surface area (Å²) in [6.07, 6.45) is 2.84. The second kappa shape index (κ2) is 4.00. The van der Waals surface area contributed by atoms with E-state index in [2.05, 4.69) is 4.98 Å². The molecule has 4 heteroatoms. The molecule has 0 aliphatic rings. The van der Waals surface area contributed by atoms with Crippen LogP contribution in [0.3, 0.4) is 0 Å². The van der Waals surface area contributed by atoms with Gasteiger partial charge in [-0.15, -0.1) is 17.0 Å². The van der Waals surface area contributed by atoms with E-state index in [1.165, 1.54) is 18.5 Å². The first-order chi connectivity index (χ1) is 4.30. The third-order valence-corrected chi connectivity index (χ3v) is 0.908. The molecule has 0 aromatic carbocycles. The summed E-state index contributed by atoms with van der Waals surface area (Å²) in [5.41, 5.74) is 0.220. The fraction of sp³-hybridized carbons (Fsp3) is 0. The minimum atomic E-state index is -0.942. The Labute approximate surface area is 68.5 Å². The highest BCUT2D eigenvalue weighted by Gasteiger charge is 1.97. The first-order valence-corrected chi connectivity index (χ1v) is 2.44. The van der Waals surface area contributed by atoms with Crippen LogP contribution in [-0.4, -0.2) is 16.1 Å². The van der Waals surface area contributed by atoms with Gasteiger partial charge in [-0.2, -0.15) is 0 Å². The monoisotopic (exact) mass is 203 g/mol. The number of rotatable bonds is 1. The summed E-state index contributed by atoms with van der Waals surface area (Å²) in [6, 6.07) is 3.08. The van der Waals surface area contributed by atoms with E-state index in [0.29, 0.717) is 0 Å². The van der Waals surface area contributed by atoms with Gasteiger partial charge in [-0.1, -0.05) is 0 Å². The Balaban J connectivity index is 0.000000810. The number of aromatic nitrogens is 1. The largest absolute Gasteiger partial charge is 0.478 e. The standard InChI is InChI=1S/C6H5NO2.BrH/c8-6(9)5-2-1-3-7-4-5;/h1-4H,(H,8,9);1H. The number of hydrogen-bond acceptors (Lipinski definition) is 2. The van der Waals surface area contributed by atoms with E-state index in [-0.39, 0.29) is 22.5 Å². The van der Waals surface area contributed by atoms with Gasteiger partial charge in [-0.25, -0.2) is 4.79 Å². The predicted octanol–water partition coefficient (Wildman–Crippen LogP) is 1.36. The summed E-state index contributed by atoms with van der Waals surface area (Å²) in [7, 11) is 0. The summed E-state index contributed by atoms with van der Waals surface area (Å²) >= 11 is 0. The fourth-order valence-corrected chi connectivity index (χ4v) is 0.489. The molecule has 0 atom stereocenters. The van der Waals surface area contributed by atoms with Crippen LogP contribution in [0.5, 0.6) is 0 Å². The van der Waals surface area contributed by atoms with Crippen LogP contribution < -0.4 is 0 Å². The quantitative estimate of drug-likeness (QED) is 0.751. The molecule has 0 aliphatic heterocycles. The zero-order chi connectivity index (χ0) is 6.69. The Bertz CT molecular complexity index is 212. The lowest BCUT2D eigenvalue weighted by Crippen LogP contribution is -1.94. The van der Waals surface area contributed by atoms with Crippen molar-refractivity contribution in [3.05, 3.63) is 30.1 Å². The Hall–Kier alpha value is -0.900. The van der Waals surface area contributed by atoms with Crippen molar-refractivity contribution in [2.75, 3.05) is 0 Å². The number of halogens is 1. The van der Waals surface area contributed by atoms with E-state index in [0.717, 1.165) is 0 Å². The van der Waals surface area contributed by atoms with E-state index in [1.54, 1.807) is 6.07 Å². The number of carboxylic acids is 1. The van der Waals surface area contributed by atoms with Crippen molar-refractivity contribution in [3.8, 4) is 0 Å². The minimum absolute atomic E-state index is 0. The molecule has 0 fully saturated rings. The highest BCUT2D eigenvalue weighted by atomic mass is 79.9. The first-order valence-electron chi connectivity index (χ1n) is 2.44. The van der Waals surface area contributed by atoms with Gasteiger partial charge >= 0.3 is 5.97 Å². The van der Waals surface area contributed by atoms with Crippen LogP contribution in [0.25, 0.3) is 0 Å². The molecule has 54 valence electrons. The molecular formula is C6H6BrNO2. The smallest absolute Gasteiger partial charge is 0.337 e. The molecule has 10 heavy (non-hydrogen) atoms. The summed E-state index contributed by atoms with van der Waals surface area (Å²) < 4.78 is 0. The van der Waals surface area contributed by atoms with Crippen LogP contribution in [0.4, 0.5) is 0 Å². The molecule has 1 rings (SSSR count). The van der Waals surface area contributed by atoms with Gasteiger partial charge in [0, 0.05) is 12.4 Å². The van der Waals surface area contributed by atoms with Crippen molar-refractivity contribution < 1.29 is 9.90 Å². The van der Waals surface area contributed by atoms with Crippen LogP contribution in [0.2, 0.25) is 0 Å². The van der Waals surface area contributed by atoms with Crippen molar-refractivity contribution in [2.45, 2.75) is 0 Å². The number of hydrogen-bond donors (Lipinski definition) is 1. The van der Waals surface area contributed by atoms with Gasteiger partial charge in [0.05, 0.1) is 5.56 Å². The summed E-state index contributed by atoms with van der Waals surface area (Å²) in [5, 5.41) is 8.34. The fourth-order valence-electron chi connectivity index (χ4n) is 0.489. The molecule has 0 saturated carbocycles. The number of aromatic carboxylic acids is 1. The zero-order valence-electron chi connectivity index (χ0n) is 5.02. The number of carbonyl (C=O) groups is 1. The Kier molecular flexibility index (Phi) is 3.64. The first kappa shape index (κ1) is 9.10. The second-order valence-corrected chi connectivity index (χ2v) is 1.55. The average Bonchev–Trinajstić information content (AvgIpc) is 1.90. The molecule has 1 aromatic rings. The van der Waals surface area contributed by atoms with Crippen molar-refractivity contribution in [1.82, 2.24) is 4.98 Å². The second-order valence-electron chi connectivity index (χ2n) is 1.55. The van der Waals surface area contributed by atoms with E-state index in [9.17, 15) is 4.79 Å². The molecular weight excluding hydrogens is 198 g/mol. The van der Waals surface area contributed by atoms with Crippen LogP contribution in [0.15, 0.2) is 24.5 Å². The Morgan fingerprint density at radius 3 is 2.60 bits per heavy atom. The number of pyridine rings is 1. The topological polar surface area (TPSA) is 50.2 Å². The highest BCUT2D eigenvalue weighted by Crippen LogP contribution is 1.92. The summed E-state index contributed by atoms with van der Waals surface area (Å²) in [4.78, 5) is 13.8. The van der Waals surface area contributed by atoms with Crippen molar-refractivity contribution >= 4 is 23.0 Å². The number of carboxylic acid groups (broad SMARTS) is 1. The van der Waals surface area contributed by atoms with Crippen LogP contribution in [-0.2, 0) is 0 Å². The van der Waals surface area contributed by atoms with Crippen molar-refractivity contribution in [2.24, 2.45) is 0 Å². The maximum absolute atomic E-state index is 10.2. The molecule has 0 spiro atoms. The Morgan fingerprint density at radius 2 is 2.30 bits per heavy atom. The van der Waals surface area contributed by atoms with Gasteiger partial charge in [-0.3, -0.25) is 4.98 Å². The van der Waals surface area contributed by atoms with Gasteiger partial charge in [0.15, 0.2) is 0 Å². The highest BCUT2D eigenvalue weighted by molar-refractivity contribution is 8.93. The lowest BCUT2D eigenvalue weighted by Gasteiger charge is -1.87. The maximum Gasteiger partial charge on any atom is 0.337 e. The van der Waals surface area contributed by atoms with Crippen LogP contribution in [0.1, 0.15) is 10.4 Å². The van der Waals surface area contributed by atoms with Crippen molar-refractivity contribution in [1.29, 1.82) is 0 Å². The van der Waals surface area contributed by atoms with Gasteiger partial charge in [0.1, 0.15) is 0 Å². The minimum Gasteiger partial charge on any atom is -0.478 e. The molecule has 0 radical (unpaired) electrons. The van der Waals surface area contributed by atoms with E-state index >= 15 is 0 Å². The van der Waals surface area contributed by atoms with Crippen molar-refractivity contribution in [3.63, 3.8) is 0 Å². The summed E-state index contributed by atoms with van der Waals surface area (Å²) in [5.74, 6) is -0.942. The Morgan fingerprint density at radius 1 is 1.60 bits per heavy atom. The SMILES string of the molecule is Br.O=C(O)c1cccnc1. The van der Waals surface area contributed by atoms with Gasteiger partial charge in [0.25, 0.3) is 0 Å². The summed E-state index contributed by atoms with van der Waals surface area (Å²) in [6.45, 7) is 0. The van der Waals surface area contributed by atoms with Gasteiger partial charge in [-0.05, 0) is 12.1 Å². The van der Waals surface area contributed by atoms with E-state index in [1.807, 2.05) is 0 Å². The van der Waals surface area contributed by atoms with E-state index in [4.69, 9.17) is 5.11 Å². The average molecular weight is 204 g/mol. The lowest BCUT2D eigenvalue weighted by atomic mass is 10.3. The number of nitrogens with zero attached hydrogens (tertiary/aromatic N) is 1. The zero-order valence-corrected chi connectivity index (χ0v) is 6.73. The van der Waals surface area contributed by atoms with E-state index < -0.39 is 5.97 Å². The molecule has 1 heterocycles. The molecule has 0 saturated heterocycles.